The zero-order chi connectivity index (χ0) is 24.6. The van der Waals surface area contributed by atoms with Crippen molar-refractivity contribution in [2.24, 2.45) is 0 Å². The van der Waals surface area contributed by atoms with Crippen LogP contribution < -0.4 is 10.6 Å². The number of carbonyl (C=O) groups is 2. The quantitative estimate of drug-likeness (QED) is 0.380. The summed E-state index contributed by atoms with van der Waals surface area (Å²) in [5, 5.41) is 12.7. The smallest absolute Gasteiger partial charge is 0.351 e. The van der Waals surface area contributed by atoms with Crippen LogP contribution in [0.15, 0.2) is 47.2 Å². The second-order valence-electron chi connectivity index (χ2n) is 6.83. The number of nitrogens with one attached hydrogen (secondary N) is 2. The van der Waals surface area contributed by atoms with Gasteiger partial charge in [-0.05, 0) is 47.1 Å². The zero-order valence-electron chi connectivity index (χ0n) is 17.2. The van der Waals surface area contributed by atoms with Crippen molar-refractivity contribution >= 4 is 50.5 Å². The topological polar surface area (TPSA) is 106 Å². The van der Waals surface area contributed by atoms with E-state index in [-0.39, 0.29) is 22.2 Å². The molecule has 4 aromatic rings. The predicted octanol–water partition coefficient (Wildman–Crippen LogP) is 4.35. The molecule has 176 valence electrons. The lowest BCUT2D eigenvalue weighted by Crippen LogP contribution is -2.28. The van der Waals surface area contributed by atoms with Crippen LogP contribution in [-0.2, 0) is 6.18 Å². The molecular formula is C20H14BrClF3N7O2. The average Bonchev–Trinajstić information content (AvgIpc) is 3.41. The van der Waals surface area contributed by atoms with Crippen molar-refractivity contribution < 1.29 is 22.8 Å². The van der Waals surface area contributed by atoms with Gasteiger partial charge in [0.15, 0.2) is 17.2 Å². The van der Waals surface area contributed by atoms with Gasteiger partial charge >= 0.3 is 6.18 Å². The summed E-state index contributed by atoms with van der Waals surface area (Å²) in [6.07, 6.45) is -2.07. The van der Waals surface area contributed by atoms with Gasteiger partial charge < -0.3 is 10.6 Å². The second kappa shape index (κ2) is 9.06. The van der Waals surface area contributed by atoms with Crippen molar-refractivity contribution in [2.75, 3.05) is 11.9 Å². The Balaban J connectivity index is 1.85. The van der Waals surface area contributed by atoms with Gasteiger partial charge in [0.1, 0.15) is 5.69 Å². The number of fused-ring (bicyclic) bond motifs is 1. The van der Waals surface area contributed by atoms with Crippen LogP contribution >= 0.6 is 27.5 Å². The SMILES string of the molecule is CCNC(=O)c1c(NC(=O)c2cc(C(F)(F)F)nn2-c2ncccc2Cl)c(Br)cc2ccnn12. The summed E-state index contributed by atoms with van der Waals surface area (Å²) >= 11 is 9.40. The first-order valence-corrected chi connectivity index (χ1v) is 10.8. The standard InChI is InChI=1S/C20H14BrClF3N7O2/c1-2-26-19(34)16-15(11(21)8-10-5-7-28-31(10)16)29-18(33)13-9-14(20(23,24)25)30-32(13)17-12(22)4-3-6-27-17/h3-9H,2H2,1H3,(H,26,34)(H,29,33). The first kappa shape index (κ1) is 23.7. The number of rotatable bonds is 5. The number of hydrogen-bond acceptors (Lipinski definition) is 5. The van der Waals surface area contributed by atoms with Gasteiger partial charge in [-0.2, -0.15) is 23.4 Å². The maximum absolute atomic E-state index is 13.4. The molecule has 2 N–H and O–H groups in total. The lowest BCUT2D eigenvalue weighted by molar-refractivity contribution is -0.141. The lowest BCUT2D eigenvalue weighted by Gasteiger charge is -2.15. The van der Waals surface area contributed by atoms with Crippen molar-refractivity contribution in [3.8, 4) is 5.82 Å². The molecule has 0 saturated carbocycles. The van der Waals surface area contributed by atoms with E-state index in [0.29, 0.717) is 27.3 Å². The molecule has 0 aliphatic carbocycles. The fourth-order valence-electron chi connectivity index (χ4n) is 3.16. The fourth-order valence-corrected chi connectivity index (χ4v) is 3.88. The van der Waals surface area contributed by atoms with E-state index in [4.69, 9.17) is 11.6 Å². The van der Waals surface area contributed by atoms with Crippen molar-refractivity contribution in [1.82, 2.24) is 29.7 Å². The molecule has 14 heteroatoms. The third-order valence-electron chi connectivity index (χ3n) is 4.60. The number of carbonyl (C=O) groups excluding carboxylic acids is 2. The van der Waals surface area contributed by atoms with Gasteiger partial charge in [0.25, 0.3) is 11.8 Å². The number of alkyl halides is 3. The molecule has 0 radical (unpaired) electrons. The summed E-state index contributed by atoms with van der Waals surface area (Å²) in [6, 6.07) is 6.70. The van der Waals surface area contributed by atoms with Crippen LogP contribution in [0.2, 0.25) is 5.02 Å². The summed E-state index contributed by atoms with van der Waals surface area (Å²) in [5.74, 6) is -1.71. The van der Waals surface area contributed by atoms with Crippen LogP contribution in [0.25, 0.3) is 11.3 Å². The molecule has 0 bridgehead atoms. The minimum absolute atomic E-state index is 0.000534. The largest absolute Gasteiger partial charge is 0.435 e. The molecule has 4 heterocycles. The first-order chi connectivity index (χ1) is 16.1. The maximum Gasteiger partial charge on any atom is 0.435 e. The molecular weight excluding hydrogens is 543 g/mol. The van der Waals surface area contributed by atoms with E-state index in [1.165, 1.54) is 29.0 Å². The predicted molar refractivity (Wildman–Crippen MR) is 120 cm³/mol. The van der Waals surface area contributed by atoms with Crippen molar-refractivity contribution in [3.63, 3.8) is 0 Å². The average molecular weight is 557 g/mol. The van der Waals surface area contributed by atoms with E-state index in [0.717, 1.165) is 0 Å². The van der Waals surface area contributed by atoms with E-state index in [9.17, 15) is 22.8 Å². The summed E-state index contributed by atoms with van der Waals surface area (Å²) in [5.41, 5.74) is -1.29. The Labute approximate surface area is 203 Å². The van der Waals surface area contributed by atoms with Crippen molar-refractivity contribution in [1.29, 1.82) is 0 Å². The summed E-state index contributed by atoms with van der Waals surface area (Å²) in [4.78, 5) is 30.0. The van der Waals surface area contributed by atoms with Gasteiger partial charge in [0.2, 0.25) is 0 Å². The first-order valence-electron chi connectivity index (χ1n) is 9.65. The van der Waals surface area contributed by atoms with Crippen molar-refractivity contribution in [3.05, 3.63) is 69.3 Å². The molecule has 9 nitrogen and oxygen atoms in total. The van der Waals surface area contributed by atoms with Crippen molar-refractivity contribution in [2.45, 2.75) is 13.1 Å². The number of pyridine rings is 2. The third-order valence-corrected chi connectivity index (χ3v) is 5.52. The molecule has 0 fully saturated rings. The highest BCUT2D eigenvalue weighted by atomic mass is 79.9. The molecule has 0 spiro atoms. The van der Waals surface area contributed by atoms with Crippen LogP contribution in [0, 0.1) is 0 Å². The molecule has 0 aromatic carbocycles. The van der Waals surface area contributed by atoms with Gasteiger partial charge in [-0.15, -0.1) is 0 Å². The van der Waals surface area contributed by atoms with E-state index in [1.807, 2.05) is 0 Å². The molecule has 4 aromatic heterocycles. The number of halogens is 5. The van der Waals surface area contributed by atoms with E-state index in [1.54, 1.807) is 19.1 Å². The van der Waals surface area contributed by atoms with Crippen LogP contribution in [0.3, 0.4) is 0 Å². The number of nitrogens with zero attached hydrogens (tertiary/aromatic N) is 5. The van der Waals surface area contributed by atoms with Crippen LogP contribution in [0.1, 0.15) is 33.6 Å². The highest BCUT2D eigenvalue weighted by Crippen LogP contribution is 2.32. The normalized spacial score (nSPS) is 11.6. The van der Waals surface area contributed by atoms with Gasteiger partial charge in [-0.1, -0.05) is 11.6 Å². The van der Waals surface area contributed by atoms with Gasteiger partial charge in [0.05, 0.1) is 22.4 Å². The highest BCUT2D eigenvalue weighted by Gasteiger charge is 2.37. The van der Waals surface area contributed by atoms with Gasteiger partial charge in [0, 0.05) is 23.3 Å². The molecule has 0 atom stereocenters. The Morgan fingerprint density at radius 3 is 2.62 bits per heavy atom. The Morgan fingerprint density at radius 2 is 1.94 bits per heavy atom. The van der Waals surface area contributed by atoms with Gasteiger partial charge in [-0.3, -0.25) is 9.59 Å². The molecule has 34 heavy (non-hydrogen) atoms. The fraction of sp³-hybridized carbons (Fsp3) is 0.150. The number of aromatic nitrogens is 5. The number of hydrogen-bond donors (Lipinski definition) is 2. The van der Waals surface area contributed by atoms with E-state index in [2.05, 4.69) is 41.7 Å². The molecule has 0 aliphatic rings. The Bertz CT molecular complexity index is 1420. The van der Waals surface area contributed by atoms with Gasteiger partial charge in [-0.25, -0.2) is 14.2 Å². The Kier molecular flexibility index (Phi) is 6.32. The number of anilines is 1. The minimum Gasteiger partial charge on any atom is -0.351 e. The summed E-state index contributed by atoms with van der Waals surface area (Å²) in [7, 11) is 0. The molecule has 2 amide bonds. The van der Waals surface area contributed by atoms with Crippen LogP contribution in [0.4, 0.5) is 18.9 Å². The molecule has 4 rings (SSSR count). The highest BCUT2D eigenvalue weighted by molar-refractivity contribution is 9.10. The molecule has 0 saturated heterocycles. The summed E-state index contributed by atoms with van der Waals surface area (Å²) in [6.45, 7) is 2.00. The monoisotopic (exact) mass is 555 g/mol. The van der Waals surface area contributed by atoms with Crippen LogP contribution in [-0.4, -0.2) is 42.7 Å². The molecule has 0 aliphatic heterocycles. The minimum atomic E-state index is -4.83. The summed E-state index contributed by atoms with van der Waals surface area (Å²) < 4.78 is 42.6. The Hall–Kier alpha value is -3.45. The van der Waals surface area contributed by atoms with E-state index >= 15 is 0 Å². The third kappa shape index (κ3) is 4.35. The van der Waals surface area contributed by atoms with E-state index < -0.39 is 29.4 Å². The molecule has 0 unspecified atom stereocenters. The lowest BCUT2D eigenvalue weighted by atomic mass is 10.2. The number of amides is 2. The van der Waals surface area contributed by atoms with Crippen LogP contribution in [0.5, 0.6) is 0 Å². The second-order valence-corrected chi connectivity index (χ2v) is 8.09. The Morgan fingerprint density at radius 1 is 1.18 bits per heavy atom. The maximum atomic E-state index is 13.4. The zero-order valence-corrected chi connectivity index (χ0v) is 19.5.